The summed E-state index contributed by atoms with van der Waals surface area (Å²) in [6, 6.07) is 12.6. The fourth-order valence-corrected chi connectivity index (χ4v) is 1.95. The summed E-state index contributed by atoms with van der Waals surface area (Å²) in [4.78, 5) is 12.1. The van der Waals surface area contributed by atoms with Crippen LogP contribution < -0.4 is 21.1 Å². The number of benzene rings is 2. The van der Waals surface area contributed by atoms with E-state index in [0.29, 0.717) is 23.5 Å². The number of nitrogen functional groups attached to an aromatic ring is 1. The summed E-state index contributed by atoms with van der Waals surface area (Å²) in [5.41, 5.74) is 8.49. The van der Waals surface area contributed by atoms with Crippen molar-refractivity contribution >= 4 is 23.0 Å². The van der Waals surface area contributed by atoms with Gasteiger partial charge in [-0.2, -0.15) is 0 Å². The van der Waals surface area contributed by atoms with Gasteiger partial charge in [-0.3, -0.25) is 4.79 Å². The predicted molar refractivity (Wildman–Crippen MR) is 85.1 cm³/mol. The minimum absolute atomic E-state index is 0.131. The number of amides is 1. The number of hydrogen-bond donors (Lipinski definition) is 3. The van der Waals surface area contributed by atoms with Crippen molar-refractivity contribution in [2.45, 2.75) is 6.92 Å². The van der Waals surface area contributed by atoms with Crippen molar-refractivity contribution in [3.63, 3.8) is 0 Å². The minimum Gasteiger partial charge on any atom is -0.497 e. The van der Waals surface area contributed by atoms with E-state index in [2.05, 4.69) is 10.6 Å². The molecule has 0 bridgehead atoms. The molecule has 2 rings (SSSR count). The number of carbonyl (C=O) groups is 1. The Morgan fingerprint density at radius 2 is 1.90 bits per heavy atom. The van der Waals surface area contributed by atoms with Crippen molar-refractivity contribution in [3.05, 3.63) is 48.0 Å². The standard InChI is InChI=1S/C16H19N3O2/c1-3-18-16(20)14-9-4-11(17)10-15(14)19-12-5-7-13(21-2)8-6-12/h4-10,19H,3,17H2,1-2H3,(H,18,20). The van der Waals surface area contributed by atoms with E-state index in [1.165, 1.54) is 0 Å². The summed E-state index contributed by atoms with van der Waals surface area (Å²) in [6.45, 7) is 2.46. The molecule has 0 heterocycles. The van der Waals surface area contributed by atoms with Gasteiger partial charge in [-0.05, 0) is 49.4 Å². The zero-order valence-electron chi connectivity index (χ0n) is 12.1. The Labute approximate surface area is 124 Å². The van der Waals surface area contributed by atoms with Crippen LogP contribution in [0.1, 0.15) is 17.3 Å². The molecule has 5 nitrogen and oxygen atoms in total. The summed E-state index contributed by atoms with van der Waals surface area (Å²) in [6.07, 6.45) is 0. The van der Waals surface area contributed by atoms with Crippen LogP contribution in [0.4, 0.5) is 17.1 Å². The molecular weight excluding hydrogens is 266 g/mol. The zero-order chi connectivity index (χ0) is 15.2. The second-order valence-electron chi connectivity index (χ2n) is 4.52. The first-order chi connectivity index (χ1) is 10.1. The van der Waals surface area contributed by atoms with Crippen molar-refractivity contribution < 1.29 is 9.53 Å². The smallest absolute Gasteiger partial charge is 0.253 e. The van der Waals surface area contributed by atoms with Gasteiger partial charge in [0.05, 0.1) is 18.4 Å². The maximum atomic E-state index is 12.1. The second-order valence-corrected chi connectivity index (χ2v) is 4.52. The monoisotopic (exact) mass is 285 g/mol. The van der Waals surface area contributed by atoms with Gasteiger partial charge < -0.3 is 21.1 Å². The van der Waals surface area contributed by atoms with Crippen LogP contribution >= 0.6 is 0 Å². The van der Waals surface area contributed by atoms with Crippen LogP contribution in [-0.4, -0.2) is 19.6 Å². The highest BCUT2D eigenvalue weighted by Crippen LogP contribution is 2.25. The summed E-state index contributed by atoms with van der Waals surface area (Å²) in [5, 5.41) is 5.99. The molecule has 0 saturated carbocycles. The lowest BCUT2D eigenvalue weighted by Crippen LogP contribution is -2.23. The van der Waals surface area contributed by atoms with Crippen molar-refractivity contribution in [2.24, 2.45) is 0 Å². The van der Waals surface area contributed by atoms with E-state index in [4.69, 9.17) is 10.5 Å². The molecule has 0 atom stereocenters. The Bertz CT molecular complexity index is 624. The molecule has 0 aliphatic rings. The number of rotatable bonds is 5. The topological polar surface area (TPSA) is 76.4 Å². The van der Waals surface area contributed by atoms with E-state index in [-0.39, 0.29) is 5.91 Å². The number of anilines is 3. The Morgan fingerprint density at radius 1 is 1.19 bits per heavy atom. The number of methoxy groups -OCH3 is 1. The first-order valence-electron chi connectivity index (χ1n) is 6.73. The first-order valence-corrected chi connectivity index (χ1v) is 6.73. The van der Waals surface area contributed by atoms with Gasteiger partial charge in [0.2, 0.25) is 0 Å². The summed E-state index contributed by atoms with van der Waals surface area (Å²) < 4.78 is 5.12. The fraction of sp³-hybridized carbons (Fsp3) is 0.188. The minimum atomic E-state index is -0.131. The predicted octanol–water partition coefficient (Wildman–Crippen LogP) is 2.77. The number of carbonyl (C=O) groups excluding carboxylic acids is 1. The van der Waals surface area contributed by atoms with Gasteiger partial charge in [0.15, 0.2) is 0 Å². The number of ether oxygens (including phenoxy) is 1. The maximum Gasteiger partial charge on any atom is 0.253 e. The van der Waals surface area contributed by atoms with E-state index in [1.807, 2.05) is 31.2 Å². The van der Waals surface area contributed by atoms with Crippen LogP contribution in [-0.2, 0) is 0 Å². The largest absolute Gasteiger partial charge is 0.497 e. The third-order valence-electron chi connectivity index (χ3n) is 2.99. The molecule has 2 aromatic carbocycles. The summed E-state index contributed by atoms with van der Waals surface area (Å²) in [7, 11) is 1.62. The highest BCUT2D eigenvalue weighted by atomic mass is 16.5. The van der Waals surface area contributed by atoms with Crippen molar-refractivity contribution in [1.82, 2.24) is 5.32 Å². The van der Waals surface area contributed by atoms with Crippen molar-refractivity contribution in [3.8, 4) is 5.75 Å². The van der Waals surface area contributed by atoms with Crippen molar-refractivity contribution in [2.75, 3.05) is 24.7 Å². The zero-order valence-corrected chi connectivity index (χ0v) is 12.1. The summed E-state index contributed by atoms with van der Waals surface area (Å²) >= 11 is 0. The molecule has 0 radical (unpaired) electrons. The van der Waals surface area contributed by atoms with Gasteiger partial charge >= 0.3 is 0 Å². The third-order valence-corrected chi connectivity index (χ3v) is 2.99. The Kier molecular flexibility index (Phi) is 4.66. The Morgan fingerprint density at radius 3 is 2.52 bits per heavy atom. The second kappa shape index (κ2) is 6.65. The average molecular weight is 285 g/mol. The molecule has 2 aromatic rings. The van der Waals surface area contributed by atoms with Gasteiger partial charge in [0.1, 0.15) is 5.75 Å². The van der Waals surface area contributed by atoms with Crippen LogP contribution in [0.5, 0.6) is 5.75 Å². The lowest BCUT2D eigenvalue weighted by molar-refractivity contribution is 0.0956. The molecule has 21 heavy (non-hydrogen) atoms. The van der Waals surface area contributed by atoms with Gasteiger partial charge in [0.25, 0.3) is 5.91 Å². The van der Waals surface area contributed by atoms with Crippen LogP contribution in [0.15, 0.2) is 42.5 Å². The highest BCUT2D eigenvalue weighted by Gasteiger charge is 2.11. The number of nitrogens with two attached hydrogens (primary N) is 1. The molecule has 0 aromatic heterocycles. The number of hydrogen-bond acceptors (Lipinski definition) is 4. The van der Waals surface area contributed by atoms with E-state index >= 15 is 0 Å². The lowest BCUT2D eigenvalue weighted by Gasteiger charge is -2.13. The molecule has 1 amide bonds. The molecule has 0 fully saturated rings. The van der Waals surface area contributed by atoms with Crippen molar-refractivity contribution in [1.29, 1.82) is 0 Å². The molecule has 0 aliphatic carbocycles. The normalized spacial score (nSPS) is 10.0. The highest BCUT2D eigenvalue weighted by molar-refractivity contribution is 6.00. The molecule has 4 N–H and O–H groups in total. The Hall–Kier alpha value is -2.69. The van der Waals surface area contributed by atoms with Gasteiger partial charge in [-0.25, -0.2) is 0 Å². The SMILES string of the molecule is CCNC(=O)c1ccc(N)cc1Nc1ccc(OC)cc1. The van der Waals surface area contributed by atoms with E-state index < -0.39 is 0 Å². The quantitative estimate of drug-likeness (QED) is 0.738. The molecular formula is C16H19N3O2. The molecule has 110 valence electrons. The van der Waals surface area contributed by atoms with Crippen LogP contribution in [0.25, 0.3) is 0 Å². The molecule has 0 spiro atoms. The van der Waals surface area contributed by atoms with Gasteiger partial charge in [-0.1, -0.05) is 0 Å². The number of nitrogens with one attached hydrogen (secondary N) is 2. The summed E-state index contributed by atoms with van der Waals surface area (Å²) in [5.74, 6) is 0.644. The van der Waals surface area contributed by atoms with Crippen LogP contribution in [0.2, 0.25) is 0 Å². The lowest BCUT2D eigenvalue weighted by atomic mass is 10.1. The Balaban J connectivity index is 2.28. The van der Waals surface area contributed by atoms with Crippen LogP contribution in [0, 0.1) is 0 Å². The first kappa shape index (κ1) is 14.7. The molecule has 0 unspecified atom stereocenters. The maximum absolute atomic E-state index is 12.1. The fourth-order valence-electron chi connectivity index (χ4n) is 1.95. The van der Waals surface area contributed by atoms with Gasteiger partial charge in [-0.15, -0.1) is 0 Å². The van der Waals surface area contributed by atoms with Gasteiger partial charge in [0, 0.05) is 17.9 Å². The average Bonchev–Trinajstić information content (AvgIpc) is 2.48. The van der Waals surface area contributed by atoms with E-state index in [9.17, 15) is 4.79 Å². The molecule has 0 saturated heterocycles. The van der Waals surface area contributed by atoms with E-state index in [1.54, 1.807) is 25.3 Å². The van der Waals surface area contributed by atoms with E-state index in [0.717, 1.165) is 11.4 Å². The van der Waals surface area contributed by atoms with Crippen LogP contribution in [0.3, 0.4) is 0 Å². The molecule has 5 heteroatoms. The molecule has 0 aliphatic heterocycles. The third kappa shape index (κ3) is 3.66.